The van der Waals surface area contributed by atoms with Gasteiger partial charge in [0.25, 0.3) is 5.56 Å². The molecule has 0 aliphatic heterocycles. The van der Waals surface area contributed by atoms with Crippen molar-refractivity contribution < 1.29 is 4.79 Å². The van der Waals surface area contributed by atoms with Crippen LogP contribution in [-0.4, -0.2) is 35.7 Å². The third kappa shape index (κ3) is 3.98. The fourth-order valence-electron chi connectivity index (χ4n) is 3.11. The number of thioether (sulfide) groups is 1. The normalized spacial score (nSPS) is 11.4. The Morgan fingerprint density at radius 1 is 1.16 bits per heavy atom. The van der Waals surface area contributed by atoms with E-state index in [1.54, 1.807) is 7.05 Å². The molecular weight excluding hydrogens is 436 g/mol. The minimum atomic E-state index is -0.481. The average Bonchev–Trinajstić information content (AvgIpc) is 3.15. The van der Waals surface area contributed by atoms with Gasteiger partial charge in [-0.2, -0.15) is 0 Å². The Hall–Kier alpha value is -3.05. The lowest BCUT2D eigenvalue weighted by Crippen LogP contribution is -2.37. The summed E-state index contributed by atoms with van der Waals surface area (Å²) in [4.78, 5) is 50.8. The number of thiazole rings is 1. The number of amides is 1. The van der Waals surface area contributed by atoms with Crippen molar-refractivity contribution in [2.75, 3.05) is 11.1 Å². The van der Waals surface area contributed by atoms with Gasteiger partial charge in [-0.1, -0.05) is 36.1 Å². The van der Waals surface area contributed by atoms with Gasteiger partial charge >= 0.3 is 5.69 Å². The van der Waals surface area contributed by atoms with Crippen LogP contribution in [-0.2, 0) is 25.3 Å². The van der Waals surface area contributed by atoms with E-state index in [-0.39, 0.29) is 22.7 Å². The number of rotatable bonds is 5. The Morgan fingerprint density at radius 2 is 1.94 bits per heavy atom. The van der Waals surface area contributed by atoms with Gasteiger partial charge in [-0.3, -0.25) is 18.7 Å². The quantitative estimate of drug-likeness (QED) is 0.362. The Balaban J connectivity index is 1.62. The van der Waals surface area contributed by atoms with E-state index >= 15 is 0 Å². The van der Waals surface area contributed by atoms with E-state index < -0.39 is 11.2 Å². The van der Waals surface area contributed by atoms with Crippen LogP contribution in [0.3, 0.4) is 0 Å². The molecule has 31 heavy (non-hydrogen) atoms. The van der Waals surface area contributed by atoms with Crippen LogP contribution in [0, 0.1) is 6.92 Å². The van der Waals surface area contributed by atoms with Gasteiger partial charge in [-0.05, 0) is 24.6 Å². The highest BCUT2D eigenvalue weighted by atomic mass is 32.2. The molecule has 0 fully saturated rings. The number of hydrogen-bond donors (Lipinski definition) is 1. The molecule has 1 N–H and O–H groups in total. The van der Waals surface area contributed by atoms with Gasteiger partial charge in [0.15, 0.2) is 10.8 Å². The second kappa shape index (κ2) is 8.23. The molecule has 4 aromatic rings. The van der Waals surface area contributed by atoms with Crippen molar-refractivity contribution in [2.24, 2.45) is 14.1 Å². The molecule has 0 radical (unpaired) electrons. The van der Waals surface area contributed by atoms with Crippen molar-refractivity contribution in [2.45, 2.75) is 25.3 Å². The SMILES string of the molecule is CCc1nc(SCC(=O)Nc2nc3ccc(C)cc3s2)c2c(=O)n(C)c(=O)n(C)c2n1. The molecule has 4 rings (SSSR count). The first-order chi connectivity index (χ1) is 14.8. The van der Waals surface area contributed by atoms with Crippen molar-refractivity contribution in [1.29, 1.82) is 0 Å². The second-order valence-electron chi connectivity index (χ2n) is 7.03. The van der Waals surface area contributed by atoms with Crippen molar-refractivity contribution in [3.8, 4) is 0 Å². The summed E-state index contributed by atoms with van der Waals surface area (Å²) in [6.45, 7) is 3.89. The lowest BCUT2D eigenvalue weighted by Gasteiger charge is -2.11. The molecule has 160 valence electrons. The van der Waals surface area contributed by atoms with Crippen LogP contribution in [0.15, 0.2) is 32.8 Å². The molecule has 1 aromatic carbocycles. The van der Waals surface area contributed by atoms with Crippen molar-refractivity contribution >= 4 is 55.4 Å². The fourth-order valence-corrected chi connectivity index (χ4v) is 4.92. The zero-order valence-electron chi connectivity index (χ0n) is 17.4. The van der Waals surface area contributed by atoms with Gasteiger partial charge in [0.2, 0.25) is 5.91 Å². The summed E-state index contributed by atoms with van der Waals surface area (Å²) in [5.74, 6) is 0.281. The van der Waals surface area contributed by atoms with Gasteiger partial charge in [0, 0.05) is 20.5 Å². The molecule has 0 aliphatic rings. The standard InChI is InChI=1S/C20H20N6O3S2/c1-5-13-22-16-15(18(28)26(4)20(29)25(16)3)17(23-13)30-9-14(27)24-19-21-11-7-6-10(2)8-12(11)31-19/h6-8H,5,9H2,1-4H3,(H,21,24,27). The number of aromatic nitrogens is 5. The number of anilines is 1. The predicted molar refractivity (Wildman–Crippen MR) is 123 cm³/mol. The molecule has 0 saturated carbocycles. The molecule has 0 spiro atoms. The zero-order chi connectivity index (χ0) is 22.3. The molecular formula is C20H20N6O3S2. The van der Waals surface area contributed by atoms with E-state index in [0.717, 1.165) is 32.1 Å². The van der Waals surface area contributed by atoms with Crippen LogP contribution >= 0.6 is 23.1 Å². The van der Waals surface area contributed by atoms with Crippen LogP contribution < -0.4 is 16.6 Å². The molecule has 0 bridgehead atoms. The van der Waals surface area contributed by atoms with E-state index in [1.165, 1.54) is 23.0 Å². The van der Waals surface area contributed by atoms with Crippen LogP contribution in [0.5, 0.6) is 0 Å². The van der Waals surface area contributed by atoms with Gasteiger partial charge in [0.05, 0.1) is 16.0 Å². The van der Waals surface area contributed by atoms with Crippen LogP contribution in [0.25, 0.3) is 21.3 Å². The molecule has 9 nitrogen and oxygen atoms in total. The van der Waals surface area contributed by atoms with E-state index in [0.29, 0.717) is 22.4 Å². The molecule has 3 heterocycles. The number of hydrogen-bond acceptors (Lipinski definition) is 8. The van der Waals surface area contributed by atoms with Crippen molar-refractivity contribution in [3.63, 3.8) is 0 Å². The Labute approximate surface area is 185 Å². The zero-order valence-corrected chi connectivity index (χ0v) is 19.1. The molecule has 1 amide bonds. The summed E-state index contributed by atoms with van der Waals surface area (Å²) in [5.41, 5.74) is 1.29. The van der Waals surface area contributed by atoms with Crippen LogP contribution in [0.4, 0.5) is 5.13 Å². The highest BCUT2D eigenvalue weighted by Gasteiger charge is 2.18. The third-order valence-corrected chi connectivity index (χ3v) is 6.67. The topological polar surface area (TPSA) is 112 Å². The molecule has 3 aromatic heterocycles. The summed E-state index contributed by atoms with van der Waals surface area (Å²) in [6.07, 6.45) is 0.532. The maximum atomic E-state index is 12.7. The van der Waals surface area contributed by atoms with Gasteiger partial charge in [0.1, 0.15) is 16.2 Å². The van der Waals surface area contributed by atoms with Gasteiger partial charge < -0.3 is 5.32 Å². The largest absolute Gasteiger partial charge is 0.332 e. The maximum absolute atomic E-state index is 12.7. The van der Waals surface area contributed by atoms with E-state index in [1.807, 2.05) is 32.0 Å². The van der Waals surface area contributed by atoms with Crippen LogP contribution in [0.1, 0.15) is 18.3 Å². The van der Waals surface area contributed by atoms with E-state index in [2.05, 4.69) is 20.3 Å². The molecule has 0 saturated heterocycles. The number of carbonyl (C=O) groups is 1. The first kappa shape index (κ1) is 21.2. The molecule has 0 aliphatic carbocycles. The van der Waals surface area contributed by atoms with Crippen LogP contribution in [0.2, 0.25) is 0 Å². The fraction of sp³-hybridized carbons (Fsp3) is 0.300. The Morgan fingerprint density at radius 3 is 2.68 bits per heavy atom. The third-order valence-electron chi connectivity index (χ3n) is 4.76. The minimum absolute atomic E-state index is 0.0379. The predicted octanol–water partition coefficient (Wildman–Crippen LogP) is 2.24. The Bertz CT molecular complexity index is 1450. The first-order valence-electron chi connectivity index (χ1n) is 9.55. The lowest BCUT2D eigenvalue weighted by atomic mass is 10.2. The molecule has 0 atom stereocenters. The summed E-state index contributed by atoms with van der Waals surface area (Å²) < 4.78 is 3.34. The second-order valence-corrected chi connectivity index (χ2v) is 9.02. The smallest absolute Gasteiger partial charge is 0.301 e. The highest BCUT2D eigenvalue weighted by molar-refractivity contribution is 8.00. The number of carbonyl (C=O) groups excluding carboxylic acids is 1. The minimum Gasteiger partial charge on any atom is -0.301 e. The number of aryl methyl sites for hydroxylation is 3. The van der Waals surface area contributed by atoms with E-state index in [9.17, 15) is 14.4 Å². The summed E-state index contributed by atoms with van der Waals surface area (Å²) in [6, 6.07) is 5.92. The Kier molecular flexibility index (Phi) is 5.63. The number of fused-ring (bicyclic) bond motifs is 2. The monoisotopic (exact) mass is 456 g/mol. The van der Waals surface area contributed by atoms with Gasteiger partial charge in [-0.15, -0.1) is 0 Å². The first-order valence-corrected chi connectivity index (χ1v) is 11.3. The molecule has 11 heteroatoms. The van der Waals surface area contributed by atoms with Crippen molar-refractivity contribution in [3.05, 3.63) is 50.4 Å². The molecule has 0 unspecified atom stereocenters. The van der Waals surface area contributed by atoms with E-state index in [4.69, 9.17) is 0 Å². The average molecular weight is 457 g/mol. The maximum Gasteiger partial charge on any atom is 0.332 e. The lowest BCUT2D eigenvalue weighted by molar-refractivity contribution is -0.113. The highest BCUT2D eigenvalue weighted by Crippen LogP contribution is 2.27. The number of nitrogens with one attached hydrogen (secondary N) is 1. The summed E-state index contributed by atoms with van der Waals surface area (Å²) in [5, 5.41) is 3.94. The summed E-state index contributed by atoms with van der Waals surface area (Å²) >= 11 is 2.55. The van der Waals surface area contributed by atoms with Gasteiger partial charge in [-0.25, -0.2) is 19.7 Å². The summed E-state index contributed by atoms with van der Waals surface area (Å²) in [7, 11) is 2.97. The number of benzene rings is 1. The number of nitrogens with zero attached hydrogens (tertiary/aromatic N) is 5. The van der Waals surface area contributed by atoms with Crippen molar-refractivity contribution in [1.82, 2.24) is 24.1 Å².